The first-order valence-corrected chi connectivity index (χ1v) is 9.86. The molecule has 0 aromatic heterocycles. The Morgan fingerprint density at radius 3 is 2.62 bits per heavy atom. The highest BCUT2D eigenvalue weighted by Gasteiger charge is 2.36. The average molecular weight is 360 g/mol. The van der Waals surface area contributed by atoms with Crippen molar-refractivity contribution < 1.29 is 14.3 Å². The third-order valence-corrected chi connectivity index (χ3v) is 5.65. The zero-order valence-electron chi connectivity index (χ0n) is 16.1. The van der Waals surface area contributed by atoms with Crippen LogP contribution in [0.1, 0.15) is 38.7 Å². The average Bonchev–Trinajstić information content (AvgIpc) is 2.67. The molecule has 5 heteroatoms. The molecule has 2 saturated heterocycles. The molecule has 2 aliphatic heterocycles. The van der Waals surface area contributed by atoms with Gasteiger partial charge in [0.05, 0.1) is 19.3 Å². The van der Waals surface area contributed by atoms with Gasteiger partial charge in [0.1, 0.15) is 0 Å². The second kappa shape index (κ2) is 8.87. The number of nitrogens with one attached hydrogen (secondary N) is 1. The van der Waals surface area contributed by atoms with E-state index in [2.05, 4.69) is 43.4 Å². The SMILES string of the molecule is CC(C)C[C@H]1COCCN1C(=O)NCC1(c2ccccc2)CCOCC1. The number of carbonyl (C=O) groups excluding carboxylic acids is 1. The molecular weight excluding hydrogens is 328 g/mol. The van der Waals surface area contributed by atoms with Crippen molar-refractivity contribution in [3.8, 4) is 0 Å². The Labute approximate surface area is 157 Å². The smallest absolute Gasteiger partial charge is 0.317 e. The predicted octanol–water partition coefficient (Wildman–Crippen LogP) is 3.19. The van der Waals surface area contributed by atoms with Crippen molar-refractivity contribution in [3.63, 3.8) is 0 Å². The molecule has 2 heterocycles. The molecule has 1 atom stereocenters. The third-order valence-electron chi connectivity index (χ3n) is 5.65. The Bertz CT molecular complexity index is 570. The van der Waals surface area contributed by atoms with Crippen molar-refractivity contribution in [2.75, 3.05) is 39.5 Å². The lowest BCUT2D eigenvalue weighted by Gasteiger charge is -2.40. The summed E-state index contributed by atoms with van der Waals surface area (Å²) in [7, 11) is 0. The molecule has 144 valence electrons. The van der Waals surface area contributed by atoms with Crippen LogP contribution < -0.4 is 5.32 Å². The van der Waals surface area contributed by atoms with E-state index in [1.807, 2.05) is 11.0 Å². The molecule has 5 nitrogen and oxygen atoms in total. The fraction of sp³-hybridized carbons (Fsp3) is 0.667. The molecule has 0 saturated carbocycles. The van der Waals surface area contributed by atoms with Gasteiger partial charge >= 0.3 is 6.03 Å². The highest BCUT2D eigenvalue weighted by Crippen LogP contribution is 2.34. The monoisotopic (exact) mass is 360 g/mol. The maximum Gasteiger partial charge on any atom is 0.317 e. The number of nitrogens with zero attached hydrogens (tertiary/aromatic N) is 1. The highest BCUT2D eigenvalue weighted by atomic mass is 16.5. The van der Waals surface area contributed by atoms with Crippen molar-refractivity contribution in [1.29, 1.82) is 0 Å². The largest absolute Gasteiger partial charge is 0.381 e. The van der Waals surface area contributed by atoms with Gasteiger partial charge in [-0.05, 0) is 30.7 Å². The molecule has 0 radical (unpaired) electrons. The van der Waals surface area contributed by atoms with E-state index in [0.29, 0.717) is 32.2 Å². The molecule has 1 aromatic rings. The summed E-state index contributed by atoms with van der Waals surface area (Å²) >= 11 is 0. The number of carbonyl (C=O) groups is 1. The van der Waals surface area contributed by atoms with E-state index in [-0.39, 0.29) is 17.5 Å². The van der Waals surface area contributed by atoms with Crippen LogP contribution in [0, 0.1) is 5.92 Å². The lowest BCUT2D eigenvalue weighted by atomic mass is 9.74. The molecule has 1 N–H and O–H groups in total. The van der Waals surface area contributed by atoms with Crippen LogP contribution in [0.3, 0.4) is 0 Å². The van der Waals surface area contributed by atoms with Crippen LogP contribution in [0.25, 0.3) is 0 Å². The Morgan fingerprint density at radius 2 is 1.92 bits per heavy atom. The second-order valence-electron chi connectivity index (χ2n) is 7.97. The van der Waals surface area contributed by atoms with Crippen LogP contribution in [0.4, 0.5) is 4.79 Å². The molecule has 2 amide bonds. The Balaban J connectivity index is 1.67. The molecule has 0 bridgehead atoms. The van der Waals surface area contributed by atoms with Gasteiger partial charge in [-0.1, -0.05) is 44.2 Å². The Hall–Kier alpha value is -1.59. The van der Waals surface area contributed by atoms with Gasteiger partial charge in [0.2, 0.25) is 0 Å². The third kappa shape index (κ3) is 4.57. The van der Waals surface area contributed by atoms with E-state index in [1.54, 1.807) is 0 Å². The lowest BCUT2D eigenvalue weighted by Crippen LogP contribution is -2.55. The molecule has 3 rings (SSSR count). The van der Waals surface area contributed by atoms with E-state index < -0.39 is 0 Å². The summed E-state index contributed by atoms with van der Waals surface area (Å²) in [5.41, 5.74) is 1.26. The zero-order chi connectivity index (χ0) is 18.4. The van der Waals surface area contributed by atoms with E-state index in [1.165, 1.54) is 5.56 Å². The molecule has 2 aliphatic rings. The number of hydrogen-bond donors (Lipinski definition) is 1. The number of ether oxygens (including phenoxy) is 2. The minimum absolute atomic E-state index is 0.0327. The van der Waals surface area contributed by atoms with E-state index in [9.17, 15) is 4.79 Å². The first-order chi connectivity index (χ1) is 12.6. The number of morpholine rings is 1. The molecule has 0 aliphatic carbocycles. The first-order valence-electron chi connectivity index (χ1n) is 9.86. The second-order valence-corrected chi connectivity index (χ2v) is 7.97. The first kappa shape index (κ1) is 19.2. The van der Waals surface area contributed by atoms with Crippen molar-refractivity contribution in [2.45, 2.75) is 44.6 Å². The van der Waals surface area contributed by atoms with Crippen LogP contribution in [0.2, 0.25) is 0 Å². The molecule has 1 aromatic carbocycles. The number of amides is 2. The van der Waals surface area contributed by atoms with E-state index in [0.717, 1.165) is 32.5 Å². The topological polar surface area (TPSA) is 50.8 Å². The minimum atomic E-state index is -0.0327. The standard InChI is InChI=1S/C21H32N2O3/c1-17(2)14-19-15-26-13-10-23(19)20(24)22-16-21(8-11-25-12-9-21)18-6-4-3-5-7-18/h3-7,17,19H,8-16H2,1-2H3,(H,22,24)/t19-/m0/s1. The molecule has 0 spiro atoms. The van der Waals surface area contributed by atoms with Gasteiger partial charge in [-0.15, -0.1) is 0 Å². The van der Waals surface area contributed by atoms with Gasteiger partial charge in [0, 0.05) is 31.7 Å². The molecular formula is C21H32N2O3. The van der Waals surface area contributed by atoms with Gasteiger partial charge in [-0.2, -0.15) is 0 Å². The van der Waals surface area contributed by atoms with E-state index in [4.69, 9.17) is 9.47 Å². The van der Waals surface area contributed by atoms with E-state index >= 15 is 0 Å². The van der Waals surface area contributed by atoms with Gasteiger partial charge in [0.15, 0.2) is 0 Å². The molecule has 2 fully saturated rings. The van der Waals surface area contributed by atoms with Crippen LogP contribution in [0.5, 0.6) is 0 Å². The van der Waals surface area contributed by atoms with Crippen molar-refractivity contribution in [1.82, 2.24) is 10.2 Å². The fourth-order valence-electron chi connectivity index (χ4n) is 4.13. The normalized spacial score (nSPS) is 23.0. The summed E-state index contributed by atoms with van der Waals surface area (Å²) in [6.45, 7) is 8.48. The number of rotatable bonds is 5. The quantitative estimate of drug-likeness (QED) is 0.877. The van der Waals surface area contributed by atoms with Crippen LogP contribution in [-0.2, 0) is 14.9 Å². The molecule has 0 unspecified atom stereocenters. The summed E-state index contributed by atoms with van der Waals surface area (Å²) in [5, 5.41) is 3.24. The zero-order valence-corrected chi connectivity index (χ0v) is 16.1. The Morgan fingerprint density at radius 1 is 1.19 bits per heavy atom. The van der Waals surface area contributed by atoms with Crippen molar-refractivity contribution in [2.24, 2.45) is 5.92 Å². The number of hydrogen-bond acceptors (Lipinski definition) is 3. The summed E-state index contributed by atoms with van der Waals surface area (Å²) in [6, 6.07) is 10.8. The number of benzene rings is 1. The van der Waals surface area contributed by atoms with Gasteiger partial charge < -0.3 is 19.7 Å². The fourth-order valence-corrected chi connectivity index (χ4v) is 4.13. The van der Waals surface area contributed by atoms with Crippen LogP contribution >= 0.6 is 0 Å². The summed E-state index contributed by atoms with van der Waals surface area (Å²) in [4.78, 5) is 14.9. The van der Waals surface area contributed by atoms with Gasteiger partial charge in [-0.25, -0.2) is 4.79 Å². The summed E-state index contributed by atoms with van der Waals surface area (Å²) < 4.78 is 11.2. The van der Waals surface area contributed by atoms with Gasteiger partial charge in [0.25, 0.3) is 0 Å². The summed E-state index contributed by atoms with van der Waals surface area (Å²) in [6.07, 6.45) is 2.86. The van der Waals surface area contributed by atoms with Crippen molar-refractivity contribution in [3.05, 3.63) is 35.9 Å². The van der Waals surface area contributed by atoms with Crippen molar-refractivity contribution >= 4 is 6.03 Å². The van der Waals surface area contributed by atoms with Crippen LogP contribution in [0.15, 0.2) is 30.3 Å². The predicted molar refractivity (Wildman–Crippen MR) is 102 cm³/mol. The highest BCUT2D eigenvalue weighted by molar-refractivity contribution is 5.74. The lowest BCUT2D eigenvalue weighted by molar-refractivity contribution is 0.00431. The maximum atomic E-state index is 12.9. The van der Waals surface area contributed by atoms with Crippen LogP contribution in [-0.4, -0.2) is 56.5 Å². The Kier molecular flexibility index (Phi) is 6.54. The minimum Gasteiger partial charge on any atom is -0.381 e. The van der Waals surface area contributed by atoms with Gasteiger partial charge in [-0.3, -0.25) is 0 Å². The molecule has 26 heavy (non-hydrogen) atoms. The maximum absolute atomic E-state index is 12.9. The number of urea groups is 1. The summed E-state index contributed by atoms with van der Waals surface area (Å²) in [5.74, 6) is 0.545.